The molecule has 7 nitrogen and oxygen atoms in total. The Morgan fingerprint density at radius 2 is 1.79 bits per heavy atom. The predicted octanol–water partition coefficient (Wildman–Crippen LogP) is 1.82. The lowest BCUT2D eigenvalue weighted by molar-refractivity contribution is -0.119. The van der Waals surface area contributed by atoms with E-state index in [0.717, 1.165) is 0 Å². The van der Waals surface area contributed by atoms with Crippen molar-refractivity contribution < 1.29 is 23.8 Å². The highest BCUT2D eigenvalue weighted by molar-refractivity contribution is 6.07. The monoisotopic (exact) mass is 330 g/mol. The summed E-state index contributed by atoms with van der Waals surface area (Å²) in [5, 5.41) is 2.74. The van der Waals surface area contributed by atoms with Gasteiger partial charge in [-0.25, -0.2) is 0 Å². The first-order valence-electron chi connectivity index (χ1n) is 7.08. The Morgan fingerprint density at radius 3 is 2.46 bits per heavy atom. The van der Waals surface area contributed by atoms with Gasteiger partial charge in [0.2, 0.25) is 0 Å². The van der Waals surface area contributed by atoms with Crippen molar-refractivity contribution in [1.29, 1.82) is 0 Å². The van der Waals surface area contributed by atoms with E-state index in [-0.39, 0.29) is 17.9 Å². The number of benzene rings is 2. The standard InChI is InChI=1S/C17H18N2O5/c1-22-11-7-8-15(23-2)13(9-11)19-17(21)12-5-3-4-6-14(12)24-10-16(18)20/h3-9H,10H2,1-2H3,(H2,18,20)(H,19,21). The van der Waals surface area contributed by atoms with Crippen molar-refractivity contribution in [3.05, 3.63) is 48.0 Å². The molecule has 0 unspecified atom stereocenters. The number of primary amides is 1. The Kier molecular flexibility index (Phi) is 5.62. The van der Waals surface area contributed by atoms with Gasteiger partial charge in [-0.3, -0.25) is 9.59 Å². The van der Waals surface area contributed by atoms with Crippen molar-refractivity contribution in [1.82, 2.24) is 0 Å². The number of hydrogen-bond acceptors (Lipinski definition) is 5. The third-order valence-electron chi connectivity index (χ3n) is 3.16. The Labute approximate surface area is 139 Å². The summed E-state index contributed by atoms with van der Waals surface area (Å²) in [6.45, 7) is -0.313. The van der Waals surface area contributed by atoms with Crippen LogP contribution < -0.4 is 25.3 Å². The van der Waals surface area contributed by atoms with Crippen molar-refractivity contribution in [2.75, 3.05) is 26.1 Å². The zero-order chi connectivity index (χ0) is 17.5. The number of rotatable bonds is 7. The van der Waals surface area contributed by atoms with E-state index in [1.54, 1.807) is 42.5 Å². The van der Waals surface area contributed by atoms with Crippen LogP contribution in [-0.4, -0.2) is 32.6 Å². The lowest BCUT2D eigenvalue weighted by atomic mass is 10.1. The molecule has 126 valence electrons. The molecule has 0 aromatic heterocycles. The second kappa shape index (κ2) is 7.87. The first-order valence-corrected chi connectivity index (χ1v) is 7.08. The number of nitrogens with two attached hydrogens (primary N) is 1. The summed E-state index contributed by atoms with van der Waals surface area (Å²) in [6.07, 6.45) is 0. The van der Waals surface area contributed by atoms with Gasteiger partial charge in [0.1, 0.15) is 17.2 Å². The molecule has 2 aromatic rings. The summed E-state index contributed by atoms with van der Waals surface area (Å²) >= 11 is 0. The van der Waals surface area contributed by atoms with Crippen LogP contribution in [0.4, 0.5) is 5.69 Å². The van der Waals surface area contributed by atoms with E-state index >= 15 is 0 Å². The first kappa shape index (κ1) is 17.1. The molecule has 0 heterocycles. The van der Waals surface area contributed by atoms with Gasteiger partial charge in [-0.2, -0.15) is 0 Å². The molecule has 7 heteroatoms. The van der Waals surface area contributed by atoms with Gasteiger partial charge in [0.25, 0.3) is 11.8 Å². The molecule has 0 atom stereocenters. The van der Waals surface area contributed by atoms with Crippen LogP contribution in [0.1, 0.15) is 10.4 Å². The maximum atomic E-state index is 12.5. The van der Waals surface area contributed by atoms with E-state index in [2.05, 4.69) is 5.32 Å². The van der Waals surface area contributed by atoms with Gasteiger partial charge < -0.3 is 25.3 Å². The summed E-state index contributed by atoms with van der Waals surface area (Å²) in [5.74, 6) is 0.279. The second-order valence-electron chi connectivity index (χ2n) is 4.77. The molecule has 0 aliphatic heterocycles. The molecule has 3 N–H and O–H groups in total. The molecular formula is C17H18N2O5. The molecule has 0 bridgehead atoms. The Hall–Kier alpha value is -3.22. The number of methoxy groups -OCH3 is 2. The normalized spacial score (nSPS) is 9.92. The van der Waals surface area contributed by atoms with Crippen LogP contribution in [-0.2, 0) is 4.79 Å². The molecule has 0 aliphatic rings. The van der Waals surface area contributed by atoms with E-state index in [9.17, 15) is 9.59 Å². The van der Waals surface area contributed by atoms with Gasteiger partial charge in [-0.15, -0.1) is 0 Å². The van der Waals surface area contributed by atoms with Crippen molar-refractivity contribution in [3.63, 3.8) is 0 Å². The smallest absolute Gasteiger partial charge is 0.259 e. The summed E-state index contributed by atoms with van der Waals surface area (Å²) in [4.78, 5) is 23.4. The molecule has 0 spiro atoms. The first-order chi connectivity index (χ1) is 11.5. The fourth-order valence-corrected chi connectivity index (χ4v) is 2.03. The minimum Gasteiger partial charge on any atom is -0.497 e. The molecule has 0 saturated heterocycles. The average Bonchev–Trinajstić information content (AvgIpc) is 2.60. The molecule has 0 fully saturated rings. The molecule has 0 saturated carbocycles. The number of hydrogen-bond donors (Lipinski definition) is 2. The number of para-hydroxylation sites is 1. The van der Waals surface area contributed by atoms with Crippen LogP contribution in [0.15, 0.2) is 42.5 Å². The lowest BCUT2D eigenvalue weighted by Crippen LogP contribution is -2.21. The third-order valence-corrected chi connectivity index (χ3v) is 3.16. The minimum absolute atomic E-state index is 0.260. The number of nitrogens with one attached hydrogen (secondary N) is 1. The maximum absolute atomic E-state index is 12.5. The Balaban J connectivity index is 2.25. The molecule has 2 amide bonds. The van der Waals surface area contributed by atoms with Crippen molar-refractivity contribution in [2.45, 2.75) is 0 Å². The number of amides is 2. The van der Waals surface area contributed by atoms with Gasteiger partial charge in [0.05, 0.1) is 25.5 Å². The maximum Gasteiger partial charge on any atom is 0.259 e. The Morgan fingerprint density at radius 1 is 1.04 bits per heavy atom. The molecule has 2 rings (SSSR count). The summed E-state index contributed by atoms with van der Waals surface area (Å²) in [7, 11) is 3.03. The van der Waals surface area contributed by atoms with Crippen molar-refractivity contribution >= 4 is 17.5 Å². The summed E-state index contributed by atoms with van der Waals surface area (Å²) in [5.41, 5.74) is 5.78. The van der Waals surface area contributed by atoms with E-state index in [1.807, 2.05) is 0 Å². The van der Waals surface area contributed by atoms with Crippen LogP contribution in [0.5, 0.6) is 17.2 Å². The van der Waals surface area contributed by atoms with E-state index in [1.165, 1.54) is 14.2 Å². The van der Waals surface area contributed by atoms with Crippen molar-refractivity contribution in [2.24, 2.45) is 5.73 Å². The summed E-state index contributed by atoms with van der Waals surface area (Å²) < 4.78 is 15.6. The molecule has 24 heavy (non-hydrogen) atoms. The van der Waals surface area contributed by atoms with Crippen molar-refractivity contribution in [3.8, 4) is 17.2 Å². The fraction of sp³-hybridized carbons (Fsp3) is 0.176. The quantitative estimate of drug-likeness (QED) is 0.806. The minimum atomic E-state index is -0.625. The topological polar surface area (TPSA) is 99.9 Å². The van der Waals surface area contributed by atoms with Gasteiger partial charge in [0, 0.05) is 6.07 Å². The zero-order valence-electron chi connectivity index (χ0n) is 13.4. The number of ether oxygens (including phenoxy) is 3. The van der Waals surface area contributed by atoms with Crippen LogP contribution in [0.25, 0.3) is 0 Å². The molecule has 0 aliphatic carbocycles. The highest BCUT2D eigenvalue weighted by Crippen LogP contribution is 2.30. The van der Waals surface area contributed by atoms with E-state index in [4.69, 9.17) is 19.9 Å². The predicted molar refractivity (Wildman–Crippen MR) is 88.6 cm³/mol. The molecule has 0 radical (unpaired) electrons. The summed E-state index contributed by atoms with van der Waals surface area (Å²) in [6, 6.07) is 11.6. The highest BCUT2D eigenvalue weighted by atomic mass is 16.5. The van der Waals surface area contributed by atoms with Gasteiger partial charge in [-0.05, 0) is 24.3 Å². The van der Waals surface area contributed by atoms with Gasteiger partial charge >= 0.3 is 0 Å². The largest absolute Gasteiger partial charge is 0.497 e. The number of carbonyl (C=O) groups is 2. The number of anilines is 1. The van der Waals surface area contributed by atoms with Gasteiger partial charge in [-0.1, -0.05) is 12.1 Å². The second-order valence-corrected chi connectivity index (χ2v) is 4.77. The van der Waals surface area contributed by atoms with E-state index in [0.29, 0.717) is 17.2 Å². The molecular weight excluding hydrogens is 312 g/mol. The van der Waals surface area contributed by atoms with Crippen LogP contribution in [0, 0.1) is 0 Å². The van der Waals surface area contributed by atoms with Crippen LogP contribution in [0.3, 0.4) is 0 Å². The number of carbonyl (C=O) groups excluding carboxylic acids is 2. The van der Waals surface area contributed by atoms with Gasteiger partial charge in [0.15, 0.2) is 6.61 Å². The zero-order valence-corrected chi connectivity index (χ0v) is 13.4. The third kappa shape index (κ3) is 4.16. The fourth-order valence-electron chi connectivity index (χ4n) is 2.03. The molecule has 2 aromatic carbocycles. The highest BCUT2D eigenvalue weighted by Gasteiger charge is 2.15. The van der Waals surface area contributed by atoms with Crippen LogP contribution in [0.2, 0.25) is 0 Å². The Bertz CT molecular complexity index is 746. The van der Waals surface area contributed by atoms with E-state index < -0.39 is 11.8 Å². The average molecular weight is 330 g/mol. The lowest BCUT2D eigenvalue weighted by Gasteiger charge is -2.13. The SMILES string of the molecule is COc1ccc(OC)c(NC(=O)c2ccccc2OCC(N)=O)c1. The van der Waals surface area contributed by atoms with Crippen LogP contribution >= 0.6 is 0 Å².